The van der Waals surface area contributed by atoms with Crippen molar-refractivity contribution in [1.29, 1.82) is 0 Å². The lowest BCUT2D eigenvalue weighted by atomic mass is 10.2. The Hall–Kier alpha value is -1.30. The molecule has 1 amide bonds. The van der Waals surface area contributed by atoms with Gasteiger partial charge in [0.05, 0.1) is 5.25 Å². The minimum Gasteiger partial charge on any atom is -0.355 e. The van der Waals surface area contributed by atoms with Crippen molar-refractivity contribution < 1.29 is 4.79 Å². The summed E-state index contributed by atoms with van der Waals surface area (Å²) >= 11 is 1.27. The van der Waals surface area contributed by atoms with Crippen LogP contribution in [0.3, 0.4) is 0 Å². The van der Waals surface area contributed by atoms with E-state index in [9.17, 15) is 9.59 Å². The van der Waals surface area contributed by atoms with E-state index >= 15 is 0 Å². The number of rotatable bonds is 6. The first-order valence-corrected chi connectivity index (χ1v) is 6.99. The first kappa shape index (κ1) is 14.8. The third-order valence-corrected chi connectivity index (χ3v) is 3.27. The molecule has 1 rings (SSSR count). The van der Waals surface area contributed by atoms with Gasteiger partial charge in [0.2, 0.25) is 5.91 Å². The molecular formula is C12H19N3O2S. The Labute approximate surface area is 111 Å². The Bertz CT molecular complexity index is 459. The van der Waals surface area contributed by atoms with Crippen LogP contribution >= 0.6 is 11.8 Å². The molecule has 0 saturated heterocycles. The number of nitrogens with zero attached hydrogens (tertiary/aromatic N) is 1. The summed E-state index contributed by atoms with van der Waals surface area (Å²) in [5.41, 5.74) is 0.603. The molecule has 2 N–H and O–H groups in total. The number of aromatic amines is 1. The average Bonchev–Trinajstić information content (AvgIpc) is 2.28. The largest absolute Gasteiger partial charge is 0.355 e. The smallest absolute Gasteiger partial charge is 0.251 e. The molecule has 0 unspecified atom stereocenters. The summed E-state index contributed by atoms with van der Waals surface area (Å²) in [5.74, 6) is -0.0500. The van der Waals surface area contributed by atoms with Gasteiger partial charge < -0.3 is 10.3 Å². The van der Waals surface area contributed by atoms with Gasteiger partial charge in [0.25, 0.3) is 5.56 Å². The Morgan fingerprint density at radius 3 is 2.89 bits per heavy atom. The van der Waals surface area contributed by atoms with Crippen molar-refractivity contribution in [1.82, 2.24) is 15.3 Å². The summed E-state index contributed by atoms with van der Waals surface area (Å²) in [6.45, 7) is 6.30. The third kappa shape index (κ3) is 4.52. The maximum absolute atomic E-state index is 11.6. The number of carbonyl (C=O) groups excluding carboxylic acids is 1. The number of nitrogens with one attached hydrogen (secondary N) is 2. The molecule has 1 aromatic heterocycles. The zero-order valence-corrected chi connectivity index (χ0v) is 11.8. The van der Waals surface area contributed by atoms with Crippen molar-refractivity contribution in [2.75, 3.05) is 6.54 Å². The van der Waals surface area contributed by atoms with E-state index in [1.807, 2.05) is 13.8 Å². The number of amides is 1. The van der Waals surface area contributed by atoms with Gasteiger partial charge >= 0.3 is 0 Å². The lowest BCUT2D eigenvalue weighted by Gasteiger charge is -2.10. The van der Waals surface area contributed by atoms with Gasteiger partial charge in [0.15, 0.2) is 5.16 Å². The van der Waals surface area contributed by atoms with Gasteiger partial charge in [0, 0.05) is 18.3 Å². The van der Waals surface area contributed by atoms with Gasteiger partial charge in [-0.1, -0.05) is 25.1 Å². The second-order valence-electron chi connectivity index (χ2n) is 3.95. The van der Waals surface area contributed by atoms with E-state index in [-0.39, 0.29) is 16.7 Å². The van der Waals surface area contributed by atoms with Gasteiger partial charge in [-0.25, -0.2) is 4.98 Å². The number of H-pyrrole nitrogens is 1. The molecule has 1 atom stereocenters. The van der Waals surface area contributed by atoms with E-state index in [0.717, 1.165) is 18.5 Å². The second-order valence-corrected chi connectivity index (χ2v) is 5.28. The van der Waals surface area contributed by atoms with Crippen molar-refractivity contribution in [3.63, 3.8) is 0 Å². The van der Waals surface area contributed by atoms with Crippen LogP contribution < -0.4 is 10.9 Å². The molecule has 1 heterocycles. The molecule has 0 spiro atoms. The summed E-state index contributed by atoms with van der Waals surface area (Å²) in [5, 5.41) is 2.97. The molecule has 0 fully saturated rings. The van der Waals surface area contributed by atoms with Crippen LogP contribution in [0, 0.1) is 0 Å². The average molecular weight is 269 g/mol. The zero-order valence-electron chi connectivity index (χ0n) is 10.9. The molecule has 0 saturated carbocycles. The molecule has 1 aromatic rings. The quantitative estimate of drug-likeness (QED) is 0.603. The predicted octanol–water partition coefficient (Wildman–Crippen LogP) is 1.34. The van der Waals surface area contributed by atoms with Crippen molar-refractivity contribution >= 4 is 17.7 Å². The van der Waals surface area contributed by atoms with Crippen LogP contribution in [0.4, 0.5) is 0 Å². The maximum Gasteiger partial charge on any atom is 0.251 e. The molecule has 100 valence electrons. The number of thioether (sulfide) groups is 1. The molecule has 0 bridgehead atoms. The number of aryl methyl sites for hydroxylation is 1. The molecule has 0 aromatic carbocycles. The van der Waals surface area contributed by atoms with Crippen LogP contribution in [0.5, 0.6) is 0 Å². The van der Waals surface area contributed by atoms with Gasteiger partial charge in [-0.2, -0.15) is 0 Å². The molecule has 0 aliphatic heterocycles. The maximum atomic E-state index is 11.6. The fraction of sp³-hybridized carbons (Fsp3) is 0.583. The van der Waals surface area contributed by atoms with Crippen LogP contribution in [-0.4, -0.2) is 27.7 Å². The molecule has 0 aliphatic rings. The number of hydrogen-bond acceptors (Lipinski definition) is 4. The van der Waals surface area contributed by atoms with E-state index in [1.165, 1.54) is 17.8 Å². The van der Waals surface area contributed by atoms with Crippen molar-refractivity contribution in [2.45, 2.75) is 44.0 Å². The SMILES string of the molecule is CCCc1cc(=O)[nH]c(S[C@@H](C)C(=O)NCC)n1. The van der Waals surface area contributed by atoms with Crippen LogP contribution in [0.2, 0.25) is 0 Å². The van der Waals surface area contributed by atoms with Gasteiger partial charge in [0.1, 0.15) is 0 Å². The summed E-state index contributed by atoms with van der Waals surface area (Å²) in [4.78, 5) is 30.0. The first-order chi connectivity index (χ1) is 8.56. The van der Waals surface area contributed by atoms with E-state index in [0.29, 0.717) is 11.7 Å². The molecule has 6 heteroatoms. The van der Waals surface area contributed by atoms with E-state index < -0.39 is 0 Å². The van der Waals surface area contributed by atoms with Crippen molar-refractivity contribution in [3.8, 4) is 0 Å². The fourth-order valence-corrected chi connectivity index (χ4v) is 2.32. The summed E-state index contributed by atoms with van der Waals surface area (Å²) < 4.78 is 0. The first-order valence-electron chi connectivity index (χ1n) is 6.11. The summed E-state index contributed by atoms with van der Waals surface area (Å²) in [6, 6.07) is 1.50. The molecule has 5 nitrogen and oxygen atoms in total. The van der Waals surface area contributed by atoms with E-state index in [1.54, 1.807) is 6.92 Å². The Kier molecular flexibility index (Phi) is 5.91. The number of aromatic nitrogens is 2. The van der Waals surface area contributed by atoms with Crippen LogP contribution in [0.15, 0.2) is 16.0 Å². The molecule has 0 radical (unpaired) electrons. The van der Waals surface area contributed by atoms with Crippen LogP contribution in [-0.2, 0) is 11.2 Å². The Balaban J connectivity index is 2.77. The minimum atomic E-state index is -0.273. The highest BCUT2D eigenvalue weighted by molar-refractivity contribution is 8.00. The lowest BCUT2D eigenvalue weighted by molar-refractivity contribution is -0.120. The Morgan fingerprint density at radius 1 is 1.56 bits per heavy atom. The molecular weight excluding hydrogens is 250 g/mol. The van der Waals surface area contributed by atoms with Gasteiger partial charge in [-0.05, 0) is 20.3 Å². The highest BCUT2D eigenvalue weighted by Crippen LogP contribution is 2.18. The Morgan fingerprint density at radius 2 is 2.28 bits per heavy atom. The van der Waals surface area contributed by atoms with Crippen LogP contribution in [0.1, 0.15) is 32.9 Å². The van der Waals surface area contributed by atoms with Crippen molar-refractivity contribution in [2.24, 2.45) is 0 Å². The monoisotopic (exact) mass is 269 g/mol. The standard InChI is InChI=1S/C12H19N3O2S/c1-4-6-9-7-10(16)15-12(14-9)18-8(3)11(17)13-5-2/h7-8H,4-6H2,1-3H3,(H,13,17)(H,14,15,16)/t8-/m0/s1. The predicted molar refractivity (Wildman–Crippen MR) is 72.9 cm³/mol. The van der Waals surface area contributed by atoms with Crippen molar-refractivity contribution in [3.05, 3.63) is 22.1 Å². The molecule has 0 aliphatic carbocycles. The summed E-state index contributed by atoms with van der Waals surface area (Å²) in [7, 11) is 0. The van der Waals surface area contributed by atoms with E-state index in [4.69, 9.17) is 0 Å². The second kappa shape index (κ2) is 7.20. The molecule has 18 heavy (non-hydrogen) atoms. The normalized spacial score (nSPS) is 12.2. The van der Waals surface area contributed by atoms with Crippen LogP contribution in [0.25, 0.3) is 0 Å². The van der Waals surface area contributed by atoms with Gasteiger partial charge in [-0.15, -0.1) is 0 Å². The minimum absolute atomic E-state index is 0.0500. The summed E-state index contributed by atoms with van der Waals surface area (Å²) in [6.07, 6.45) is 1.71. The lowest BCUT2D eigenvalue weighted by Crippen LogP contribution is -2.30. The fourth-order valence-electron chi connectivity index (χ4n) is 1.46. The zero-order chi connectivity index (χ0) is 13.5. The number of hydrogen-bond donors (Lipinski definition) is 2. The highest BCUT2D eigenvalue weighted by Gasteiger charge is 2.15. The number of carbonyl (C=O) groups is 1. The highest BCUT2D eigenvalue weighted by atomic mass is 32.2. The van der Waals surface area contributed by atoms with E-state index in [2.05, 4.69) is 15.3 Å². The third-order valence-electron chi connectivity index (χ3n) is 2.29. The van der Waals surface area contributed by atoms with Gasteiger partial charge in [-0.3, -0.25) is 9.59 Å². The topological polar surface area (TPSA) is 74.8 Å².